The summed E-state index contributed by atoms with van der Waals surface area (Å²) in [6.45, 7) is 5.43. The molecule has 2 rings (SSSR count). The van der Waals surface area contributed by atoms with Crippen molar-refractivity contribution in [3.05, 3.63) is 29.8 Å². The van der Waals surface area contributed by atoms with Crippen molar-refractivity contribution < 1.29 is 9.53 Å². The standard InChI is InChI=1S/C18H28N2O2.ClH/c1-14(2)13-22-16-8-6-7-15(11-16)12-20-17(21)18(19)9-4-3-5-10-18;/h6-8,11,14H,3-5,9-10,12-13,19H2,1-2H3,(H,20,21);1H. The molecule has 0 radical (unpaired) electrons. The lowest BCUT2D eigenvalue weighted by atomic mass is 9.82. The summed E-state index contributed by atoms with van der Waals surface area (Å²) < 4.78 is 5.71. The van der Waals surface area contributed by atoms with E-state index in [4.69, 9.17) is 10.5 Å². The summed E-state index contributed by atoms with van der Waals surface area (Å²) in [7, 11) is 0. The van der Waals surface area contributed by atoms with Crippen molar-refractivity contribution in [2.24, 2.45) is 11.7 Å². The maximum absolute atomic E-state index is 12.3. The third-order valence-electron chi connectivity index (χ3n) is 4.13. The van der Waals surface area contributed by atoms with Gasteiger partial charge in [-0.3, -0.25) is 4.79 Å². The predicted octanol–water partition coefficient (Wildman–Crippen LogP) is 3.42. The maximum atomic E-state index is 12.3. The lowest BCUT2D eigenvalue weighted by Gasteiger charge is -2.31. The van der Waals surface area contributed by atoms with E-state index in [1.165, 1.54) is 6.42 Å². The van der Waals surface area contributed by atoms with Crippen LogP contribution in [0, 0.1) is 5.92 Å². The molecule has 4 nitrogen and oxygen atoms in total. The summed E-state index contributed by atoms with van der Waals surface area (Å²) >= 11 is 0. The molecule has 1 aromatic carbocycles. The Kier molecular flexibility index (Phi) is 7.86. The first-order chi connectivity index (χ1) is 10.5. The number of hydrogen-bond donors (Lipinski definition) is 2. The summed E-state index contributed by atoms with van der Waals surface area (Å²) in [4.78, 5) is 12.3. The van der Waals surface area contributed by atoms with Gasteiger partial charge in [-0.05, 0) is 36.5 Å². The molecule has 1 saturated carbocycles. The van der Waals surface area contributed by atoms with Gasteiger partial charge in [-0.2, -0.15) is 0 Å². The van der Waals surface area contributed by atoms with E-state index in [1.54, 1.807) is 0 Å². The Morgan fingerprint density at radius 2 is 2.00 bits per heavy atom. The molecule has 1 fully saturated rings. The highest BCUT2D eigenvalue weighted by Gasteiger charge is 2.34. The highest BCUT2D eigenvalue weighted by molar-refractivity contribution is 5.86. The third-order valence-corrected chi connectivity index (χ3v) is 4.13. The van der Waals surface area contributed by atoms with Crippen molar-refractivity contribution in [1.82, 2.24) is 5.32 Å². The summed E-state index contributed by atoms with van der Waals surface area (Å²) in [6.07, 6.45) is 4.85. The maximum Gasteiger partial charge on any atom is 0.240 e. The second-order valence-corrected chi connectivity index (χ2v) is 6.75. The molecule has 1 aliphatic rings. The van der Waals surface area contributed by atoms with E-state index in [9.17, 15) is 4.79 Å². The molecule has 23 heavy (non-hydrogen) atoms. The molecule has 0 unspecified atom stereocenters. The second-order valence-electron chi connectivity index (χ2n) is 6.75. The summed E-state index contributed by atoms with van der Waals surface area (Å²) in [5.74, 6) is 1.31. The molecular formula is C18H29ClN2O2. The normalized spacial score (nSPS) is 16.5. The van der Waals surface area contributed by atoms with E-state index in [2.05, 4.69) is 19.2 Å². The van der Waals surface area contributed by atoms with Crippen LogP contribution in [0.15, 0.2) is 24.3 Å². The van der Waals surface area contributed by atoms with Crippen molar-refractivity contribution in [3.8, 4) is 5.75 Å². The minimum atomic E-state index is -0.677. The number of nitrogens with two attached hydrogens (primary N) is 1. The zero-order valence-corrected chi connectivity index (χ0v) is 15.0. The summed E-state index contributed by atoms with van der Waals surface area (Å²) in [6, 6.07) is 7.87. The Bertz CT molecular complexity index is 500. The predicted molar refractivity (Wildman–Crippen MR) is 95.9 cm³/mol. The highest BCUT2D eigenvalue weighted by Crippen LogP contribution is 2.26. The van der Waals surface area contributed by atoms with Crippen molar-refractivity contribution >= 4 is 18.3 Å². The van der Waals surface area contributed by atoms with Crippen LogP contribution in [-0.4, -0.2) is 18.1 Å². The lowest BCUT2D eigenvalue weighted by Crippen LogP contribution is -2.54. The summed E-state index contributed by atoms with van der Waals surface area (Å²) in [5.41, 5.74) is 6.60. The molecule has 5 heteroatoms. The first-order valence-electron chi connectivity index (χ1n) is 8.28. The third kappa shape index (κ3) is 6.04. The number of ether oxygens (including phenoxy) is 1. The van der Waals surface area contributed by atoms with Gasteiger partial charge in [-0.1, -0.05) is 45.2 Å². The SMILES string of the molecule is CC(C)COc1cccc(CNC(=O)C2(N)CCCCC2)c1.Cl. The topological polar surface area (TPSA) is 64.3 Å². The van der Waals surface area contributed by atoms with Crippen molar-refractivity contribution in [1.29, 1.82) is 0 Å². The van der Waals surface area contributed by atoms with Crippen LogP contribution in [0.1, 0.15) is 51.5 Å². The molecule has 1 aromatic rings. The molecular weight excluding hydrogens is 312 g/mol. The fourth-order valence-electron chi connectivity index (χ4n) is 2.78. The molecule has 3 N–H and O–H groups in total. The molecule has 1 amide bonds. The number of carbonyl (C=O) groups is 1. The fourth-order valence-corrected chi connectivity index (χ4v) is 2.78. The van der Waals surface area contributed by atoms with Gasteiger partial charge in [-0.25, -0.2) is 0 Å². The van der Waals surface area contributed by atoms with Gasteiger partial charge in [-0.15, -0.1) is 12.4 Å². The Morgan fingerprint density at radius 3 is 2.65 bits per heavy atom. The number of rotatable bonds is 6. The van der Waals surface area contributed by atoms with Crippen LogP contribution in [0.25, 0.3) is 0 Å². The van der Waals surface area contributed by atoms with E-state index in [0.717, 1.165) is 37.0 Å². The largest absolute Gasteiger partial charge is 0.493 e. The zero-order chi connectivity index (χ0) is 16.0. The van der Waals surface area contributed by atoms with Crippen molar-refractivity contribution in [2.45, 2.75) is 58.0 Å². The van der Waals surface area contributed by atoms with Gasteiger partial charge in [0.2, 0.25) is 5.91 Å². The number of halogens is 1. The number of carbonyl (C=O) groups excluding carboxylic acids is 1. The van der Waals surface area contributed by atoms with Gasteiger partial charge < -0.3 is 15.8 Å². The molecule has 0 bridgehead atoms. The van der Waals surface area contributed by atoms with Gasteiger partial charge in [0.15, 0.2) is 0 Å². The molecule has 0 atom stereocenters. The smallest absolute Gasteiger partial charge is 0.240 e. The number of hydrogen-bond acceptors (Lipinski definition) is 3. The van der Waals surface area contributed by atoms with Crippen LogP contribution in [0.4, 0.5) is 0 Å². The fraction of sp³-hybridized carbons (Fsp3) is 0.611. The Hall–Kier alpha value is -1.26. The zero-order valence-electron chi connectivity index (χ0n) is 14.1. The van der Waals surface area contributed by atoms with Crippen LogP contribution >= 0.6 is 12.4 Å². The molecule has 0 heterocycles. The van der Waals surface area contributed by atoms with Crippen LogP contribution < -0.4 is 15.8 Å². The van der Waals surface area contributed by atoms with Gasteiger partial charge in [0.25, 0.3) is 0 Å². The Balaban J connectivity index is 0.00000264. The number of amides is 1. The van der Waals surface area contributed by atoms with Crippen LogP contribution in [0.2, 0.25) is 0 Å². The summed E-state index contributed by atoms with van der Waals surface area (Å²) in [5, 5.41) is 2.98. The van der Waals surface area contributed by atoms with Crippen LogP contribution in [0.3, 0.4) is 0 Å². The van der Waals surface area contributed by atoms with Crippen LogP contribution in [-0.2, 0) is 11.3 Å². The van der Waals surface area contributed by atoms with Crippen LogP contribution in [0.5, 0.6) is 5.75 Å². The van der Waals surface area contributed by atoms with Gasteiger partial charge in [0, 0.05) is 6.54 Å². The molecule has 0 aliphatic heterocycles. The van der Waals surface area contributed by atoms with Gasteiger partial charge in [0.1, 0.15) is 5.75 Å². The monoisotopic (exact) mass is 340 g/mol. The molecule has 1 aliphatic carbocycles. The first kappa shape index (κ1) is 19.8. The first-order valence-corrected chi connectivity index (χ1v) is 8.28. The molecule has 130 valence electrons. The van der Waals surface area contributed by atoms with E-state index in [0.29, 0.717) is 19.1 Å². The molecule has 0 aromatic heterocycles. The lowest BCUT2D eigenvalue weighted by molar-refractivity contribution is -0.127. The Morgan fingerprint density at radius 1 is 1.30 bits per heavy atom. The van der Waals surface area contributed by atoms with Crippen molar-refractivity contribution in [2.75, 3.05) is 6.61 Å². The average Bonchev–Trinajstić information content (AvgIpc) is 2.51. The van der Waals surface area contributed by atoms with E-state index in [1.807, 2.05) is 24.3 Å². The van der Waals surface area contributed by atoms with Crippen molar-refractivity contribution in [3.63, 3.8) is 0 Å². The number of nitrogens with one attached hydrogen (secondary N) is 1. The quantitative estimate of drug-likeness (QED) is 0.834. The molecule has 0 saturated heterocycles. The number of benzene rings is 1. The second kappa shape index (κ2) is 9.14. The Labute approximate surface area is 145 Å². The van der Waals surface area contributed by atoms with Gasteiger partial charge in [0.05, 0.1) is 12.1 Å². The van der Waals surface area contributed by atoms with E-state index >= 15 is 0 Å². The highest BCUT2D eigenvalue weighted by atomic mass is 35.5. The molecule has 0 spiro atoms. The van der Waals surface area contributed by atoms with E-state index in [-0.39, 0.29) is 18.3 Å². The minimum Gasteiger partial charge on any atom is -0.493 e. The van der Waals surface area contributed by atoms with E-state index < -0.39 is 5.54 Å². The van der Waals surface area contributed by atoms with Gasteiger partial charge >= 0.3 is 0 Å². The minimum absolute atomic E-state index is 0. The average molecular weight is 341 g/mol.